The van der Waals surface area contributed by atoms with Crippen molar-refractivity contribution in [3.63, 3.8) is 0 Å². The summed E-state index contributed by atoms with van der Waals surface area (Å²) in [7, 11) is -4.18. The number of nitrogen functional groups attached to an aromatic ring is 1. The first-order valence-corrected chi connectivity index (χ1v) is 7.41. The van der Waals surface area contributed by atoms with E-state index in [-0.39, 0.29) is 11.4 Å². The summed E-state index contributed by atoms with van der Waals surface area (Å²) in [6.07, 6.45) is 0. The fraction of sp³-hybridized carbons (Fsp3) is 0.0714. The minimum Gasteiger partial charge on any atom is -0.398 e. The summed E-state index contributed by atoms with van der Waals surface area (Å²) in [5, 5.41) is 8.85. The van der Waals surface area contributed by atoms with Crippen molar-refractivity contribution in [3.05, 3.63) is 53.3 Å². The highest BCUT2D eigenvalue weighted by Gasteiger charge is 2.23. The molecule has 3 N–H and O–H groups in total. The smallest absolute Gasteiger partial charge is 0.266 e. The predicted octanol–water partition coefficient (Wildman–Crippen LogP) is 2.39. The Labute approximate surface area is 121 Å². The highest BCUT2D eigenvalue weighted by Crippen LogP contribution is 2.26. The topological polar surface area (TPSA) is 96.0 Å². The van der Waals surface area contributed by atoms with E-state index in [1.807, 2.05) is 6.07 Å². The van der Waals surface area contributed by atoms with Gasteiger partial charge in [0.1, 0.15) is 10.7 Å². The van der Waals surface area contributed by atoms with Crippen molar-refractivity contribution < 1.29 is 12.8 Å². The number of nitrogens with zero attached hydrogens (tertiary/aromatic N) is 1. The van der Waals surface area contributed by atoms with Crippen molar-refractivity contribution in [2.24, 2.45) is 0 Å². The van der Waals surface area contributed by atoms with Crippen LogP contribution in [0.4, 0.5) is 15.8 Å². The van der Waals surface area contributed by atoms with Gasteiger partial charge in [-0.25, -0.2) is 12.8 Å². The Balaban J connectivity index is 2.50. The van der Waals surface area contributed by atoms with E-state index >= 15 is 0 Å². The zero-order valence-electron chi connectivity index (χ0n) is 11.1. The van der Waals surface area contributed by atoms with Crippen molar-refractivity contribution in [1.82, 2.24) is 0 Å². The second-order valence-corrected chi connectivity index (χ2v) is 6.02. The molecular formula is C14H12FN3O2S. The maximum atomic E-state index is 13.7. The molecule has 2 rings (SSSR count). The maximum absolute atomic E-state index is 13.7. The highest BCUT2D eigenvalue weighted by atomic mass is 32.2. The first-order chi connectivity index (χ1) is 9.85. The van der Waals surface area contributed by atoms with Crippen LogP contribution in [0, 0.1) is 24.1 Å². The molecule has 0 atom stereocenters. The SMILES string of the molecule is Cc1ccc(C#N)cc1NS(=O)(=O)c1c(N)cccc1F. The Morgan fingerprint density at radius 2 is 2.00 bits per heavy atom. The Morgan fingerprint density at radius 3 is 2.62 bits per heavy atom. The summed E-state index contributed by atoms with van der Waals surface area (Å²) in [5.41, 5.74) is 6.46. The van der Waals surface area contributed by atoms with E-state index in [2.05, 4.69) is 4.72 Å². The van der Waals surface area contributed by atoms with Crippen molar-refractivity contribution in [2.75, 3.05) is 10.5 Å². The molecule has 0 unspecified atom stereocenters. The fourth-order valence-corrected chi connectivity index (χ4v) is 3.12. The van der Waals surface area contributed by atoms with Gasteiger partial charge in [-0.3, -0.25) is 4.72 Å². The molecule has 0 radical (unpaired) electrons. The third-order valence-corrected chi connectivity index (χ3v) is 4.33. The van der Waals surface area contributed by atoms with Crippen LogP contribution in [0.3, 0.4) is 0 Å². The third-order valence-electron chi connectivity index (χ3n) is 2.88. The van der Waals surface area contributed by atoms with Crippen molar-refractivity contribution in [2.45, 2.75) is 11.8 Å². The molecular weight excluding hydrogens is 293 g/mol. The summed E-state index contributed by atoms with van der Waals surface area (Å²) in [6.45, 7) is 1.67. The molecule has 2 aromatic rings. The lowest BCUT2D eigenvalue weighted by molar-refractivity contribution is 0.572. The van der Waals surface area contributed by atoms with Gasteiger partial charge in [0.25, 0.3) is 10.0 Å². The van der Waals surface area contributed by atoms with E-state index in [0.29, 0.717) is 11.1 Å². The number of halogens is 1. The van der Waals surface area contributed by atoms with Gasteiger partial charge in [-0.2, -0.15) is 5.26 Å². The van der Waals surface area contributed by atoms with Gasteiger partial charge in [-0.05, 0) is 36.8 Å². The van der Waals surface area contributed by atoms with E-state index in [0.717, 1.165) is 6.07 Å². The number of benzene rings is 2. The first-order valence-electron chi connectivity index (χ1n) is 5.92. The second kappa shape index (κ2) is 5.42. The van der Waals surface area contributed by atoms with E-state index in [9.17, 15) is 12.8 Å². The van der Waals surface area contributed by atoms with Crippen LogP contribution >= 0.6 is 0 Å². The van der Waals surface area contributed by atoms with Crippen molar-refractivity contribution in [3.8, 4) is 6.07 Å². The number of anilines is 2. The monoisotopic (exact) mass is 305 g/mol. The van der Waals surface area contributed by atoms with Gasteiger partial charge < -0.3 is 5.73 Å². The van der Waals surface area contributed by atoms with Crippen LogP contribution in [0.2, 0.25) is 0 Å². The third kappa shape index (κ3) is 2.95. The molecule has 0 fully saturated rings. The van der Waals surface area contributed by atoms with Gasteiger partial charge in [0.05, 0.1) is 23.0 Å². The van der Waals surface area contributed by atoms with Crippen LogP contribution in [0.15, 0.2) is 41.3 Å². The number of hydrogen-bond donors (Lipinski definition) is 2. The quantitative estimate of drug-likeness (QED) is 0.851. The molecule has 0 aliphatic heterocycles. The Kier molecular flexibility index (Phi) is 3.82. The Bertz CT molecular complexity index is 822. The molecule has 108 valence electrons. The van der Waals surface area contributed by atoms with Gasteiger partial charge in [0, 0.05) is 0 Å². The average molecular weight is 305 g/mol. The van der Waals surface area contributed by atoms with Crippen LogP contribution in [0.5, 0.6) is 0 Å². The minimum atomic E-state index is -4.18. The van der Waals surface area contributed by atoms with Crippen LogP contribution in [0.25, 0.3) is 0 Å². The molecule has 5 nitrogen and oxygen atoms in total. The lowest BCUT2D eigenvalue weighted by Crippen LogP contribution is -2.17. The highest BCUT2D eigenvalue weighted by molar-refractivity contribution is 7.92. The molecule has 21 heavy (non-hydrogen) atoms. The van der Waals surface area contributed by atoms with E-state index in [1.54, 1.807) is 19.1 Å². The first kappa shape index (κ1) is 14.8. The van der Waals surface area contributed by atoms with Crippen molar-refractivity contribution >= 4 is 21.4 Å². The zero-order chi connectivity index (χ0) is 15.6. The van der Waals surface area contributed by atoms with Gasteiger partial charge in [0.2, 0.25) is 0 Å². The number of aryl methyl sites for hydroxylation is 1. The average Bonchev–Trinajstić information content (AvgIpc) is 2.40. The maximum Gasteiger partial charge on any atom is 0.266 e. The molecule has 0 aromatic heterocycles. The predicted molar refractivity (Wildman–Crippen MR) is 77.5 cm³/mol. The van der Waals surface area contributed by atoms with Crippen molar-refractivity contribution in [1.29, 1.82) is 5.26 Å². The van der Waals surface area contributed by atoms with Crippen LogP contribution in [-0.4, -0.2) is 8.42 Å². The van der Waals surface area contributed by atoms with Gasteiger partial charge >= 0.3 is 0 Å². The molecule has 0 saturated carbocycles. The van der Waals surface area contributed by atoms with Crippen LogP contribution in [0.1, 0.15) is 11.1 Å². The number of sulfonamides is 1. The van der Waals surface area contributed by atoms with Crippen LogP contribution < -0.4 is 10.5 Å². The summed E-state index contributed by atoms with van der Waals surface area (Å²) in [4.78, 5) is -0.605. The largest absolute Gasteiger partial charge is 0.398 e. The molecule has 7 heteroatoms. The molecule has 0 bridgehead atoms. The standard InChI is InChI=1S/C14H12FN3O2S/c1-9-5-6-10(8-16)7-13(9)18-21(19,20)14-11(15)3-2-4-12(14)17/h2-7,18H,17H2,1H3. The number of rotatable bonds is 3. The Hall–Kier alpha value is -2.59. The zero-order valence-corrected chi connectivity index (χ0v) is 11.9. The number of hydrogen-bond acceptors (Lipinski definition) is 4. The second-order valence-electron chi connectivity index (χ2n) is 4.41. The van der Waals surface area contributed by atoms with Gasteiger partial charge in [-0.15, -0.1) is 0 Å². The number of nitrogens with two attached hydrogens (primary N) is 1. The normalized spacial score (nSPS) is 10.9. The molecule has 0 aliphatic carbocycles. The summed E-state index contributed by atoms with van der Waals surface area (Å²) >= 11 is 0. The fourth-order valence-electron chi connectivity index (χ4n) is 1.81. The summed E-state index contributed by atoms with van der Waals surface area (Å²) in [5.74, 6) is -0.934. The molecule has 0 aliphatic rings. The van der Waals surface area contributed by atoms with Crippen LogP contribution in [-0.2, 0) is 10.0 Å². The number of nitriles is 1. The van der Waals surface area contributed by atoms with E-state index < -0.39 is 20.7 Å². The lowest BCUT2D eigenvalue weighted by atomic mass is 10.1. The molecule has 0 saturated heterocycles. The molecule has 0 spiro atoms. The van der Waals surface area contributed by atoms with E-state index in [4.69, 9.17) is 11.0 Å². The van der Waals surface area contributed by atoms with Gasteiger partial charge in [-0.1, -0.05) is 12.1 Å². The molecule has 0 amide bonds. The molecule has 0 heterocycles. The summed E-state index contributed by atoms with van der Waals surface area (Å²) in [6, 6.07) is 10.1. The van der Waals surface area contributed by atoms with E-state index in [1.165, 1.54) is 18.2 Å². The Morgan fingerprint density at radius 1 is 1.29 bits per heavy atom. The minimum absolute atomic E-state index is 0.184. The van der Waals surface area contributed by atoms with Gasteiger partial charge in [0.15, 0.2) is 0 Å². The summed E-state index contributed by atoms with van der Waals surface area (Å²) < 4.78 is 40.6. The molecule has 2 aromatic carbocycles. The lowest BCUT2D eigenvalue weighted by Gasteiger charge is -2.13. The number of nitrogens with one attached hydrogen (secondary N) is 1.